The number of aromatic carboxylic acids is 1. The molecule has 0 atom stereocenters. The number of hydrogen-bond donors (Lipinski definition) is 1. The molecule has 1 aliphatic rings. The standard InChI is InChI=1S/C35H34FN3O3/c1-4-35(14-15-35)21-39-31-18-26(34(40)41)12-13-30(31)37-32(39)19-24-10-11-25(17-23(24)3)29-6-5-7-33(38-29)42-20-27-9-8-22(2)16-28(27)36/h5-13,16-18H,4,14-15,19-21H2,1-3H3,(H,40,41). The molecule has 0 aliphatic heterocycles. The van der Waals surface area contributed by atoms with E-state index in [1.54, 1.807) is 24.3 Å². The van der Waals surface area contributed by atoms with Crippen LogP contribution >= 0.6 is 0 Å². The van der Waals surface area contributed by atoms with Gasteiger partial charge in [0.2, 0.25) is 5.88 Å². The Balaban J connectivity index is 1.25. The Labute approximate surface area is 244 Å². The van der Waals surface area contributed by atoms with Crippen molar-refractivity contribution in [1.82, 2.24) is 14.5 Å². The van der Waals surface area contributed by atoms with Crippen molar-refractivity contribution >= 4 is 17.0 Å². The predicted molar refractivity (Wildman–Crippen MR) is 161 cm³/mol. The first-order chi connectivity index (χ1) is 20.2. The van der Waals surface area contributed by atoms with Crippen molar-refractivity contribution in [2.24, 2.45) is 5.41 Å². The number of rotatable bonds is 10. The second kappa shape index (κ2) is 11.0. The third-order valence-corrected chi connectivity index (χ3v) is 8.57. The summed E-state index contributed by atoms with van der Waals surface area (Å²) in [4.78, 5) is 21.3. The highest BCUT2D eigenvalue weighted by Crippen LogP contribution is 2.50. The normalized spacial score (nSPS) is 13.8. The number of aryl methyl sites for hydroxylation is 2. The first-order valence-electron chi connectivity index (χ1n) is 14.4. The van der Waals surface area contributed by atoms with E-state index in [1.165, 1.54) is 18.9 Å². The molecule has 1 aliphatic carbocycles. The largest absolute Gasteiger partial charge is 0.478 e. The van der Waals surface area contributed by atoms with E-state index in [9.17, 15) is 14.3 Å². The number of carboxylic acid groups (broad SMARTS) is 1. The summed E-state index contributed by atoms with van der Waals surface area (Å²) in [6, 6.07) is 22.2. The maximum Gasteiger partial charge on any atom is 0.335 e. The van der Waals surface area contributed by atoms with Crippen molar-refractivity contribution in [3.63, 3.8) is 0 Å². The molecule has 0 bridgehead atoms. The zero-order valence-electron chi connectivity index (χ0n) is 24.2. The van der Waals surface area contributed by atoms with Crippen molar-refractivity contribution in [1.29, 1.82) is 0 Å². The molecule has 3 aromatic carbocycles. The smallest absolute Gasteiger partial charge is 0.335 e. The molecule has 2 heterocycles. The third-order valence-electron chi connectivity index (χ3n) is 8.57. The van der Waals surface area contributed by atoms with Gasteiger partial charge in [-0.1, -0.05) is 37.3 Å². The fourth-order valence-electron chi connectivity index (χ4n) is 5.55. The van der Waals surface area contributed by atoms with Crippen LogP contribution in [0.2, 0.25) is 0 Å². The van der Waals surface area contributed by atoms with Gasteiger partial charge in [-0.2, -0.15) is 0 Å². The summed E-state index contributed by atoms with van der Waals surface area (Å²) in [5, 5.41) is 9.59. The molecule has 6 rings (SSSR count). The SMILES string of the molecule is CCC1(Cn2c(Cc3ccc(-c4cccc(OCc5ccc(C)cc5F)n4)cc3C)nc3ccc(C(=O)O)cc32)CC1. The van der Waals surface area contributed by atoms with E-state index in [2.05, 4.69) is 41.6 Å². The molecule has 1 saturated carbocycles. The molecular weight excluding hydrogens is 529 g/mol. The lowest BCUT2D eigenvalue weighted by Crippen LogP contribution is -2.14. The lowest BCUT2D eigenvalue weighted by Gasteiger charge is -2.17. The number of carbonyl (C=O) groups is 1. The summed E-state index contributed by atoms with van der Waals surface area (Å²) >= 11 is 0. The Morgan fingerprint density at radius 1 is 1.00 bits per heavy atom. The van der Waals surface area contributed by atoms with Gasteiger partial charge in [-0.05, 0) is 91.6 Å². The van der Waals surface area contributed by atoms with Gasteiger partial charge in [0.1, 0.15) is 18.2 Å². The Morgan fingerprint density at radius 2 is 1.81 bits per heavy atom. The number of ether oxygens (including phenoxy) is 1. The quantitative estimate of drug-likeness (QED) is 0.187. The Kier molecular flexibility index (Phi) is 7.27. The van der Waals surface area contributed by atoms with Crippen molar-refractivity contribution in [3.8, 4) is 17.1 Å². The van der Waals surface area contributed by atoms with Gasteiger partial charge in [0.25, 0.3) is 0 Å². The number of nitrogens with zero attached hydrogens (tertiary/aromatic N) is 3. The number of carboxylic acids is 1. The van der Waals surface area contributed by atoms with Crippen molar-refractivity contribution in [2.75, 3.05) is 0 Å². The Hall–Kier alpha value is -4.52. The molecule has 0 amide bonds. The Bertz CT molecular complexity index is 1810. The second-order valence-electron chi connectivity index (χ2n) is 11.5. The minimum Gasteiger partial charge on any atom is -0.478 e. The Morgan fingerprint density at radius 3 is 2.52 bits per heavy atom. The summed E-state index contributed by atoms with van der Waals surface area (Å²) in [5.74, 6) is 0.170. The van der Waals surface area contributed by atoms with E-state index < -0.39 is 5.97 Å². The van der Waals surface area contributed by atoms with Crippen LogP contribution in [0.4, 0.5) is 4.39 Å². The topological polar surface area (TPSA) is 77.2 Å². The van der Waals surface area contributed by atoms with Gasteiger partial charge in [0.05, 0.1) is 22.3 Å². The fourth-order valence-corrected chi connectivity index (χ4v) is 5.55. The first kappa shape index (κ1) is 27.6. The highest BCUT2D eigenvalue weighted by atomic mass is 19.1. The molecule has 7 heteroatoms. The van der Waals surface area contributed by atoms with Crippen LogP contribution in [0.5, 0.6) is 5.88 Å². The maximum absolute atomic E-state index is 14.2. The number of aromatic nitrogens is 3. The molecular formula is C35H34FN3O3. The predicted octanol–water partition coefficient (Wildman–Crippen LogP) is 7.91. The molecule has 0 spiro atoms. The van der Waals surface area contributed by atoms with Crippen LogP contribution in [0, 0.1) is 25.1 Å². The first-order valence-corrected chi connectivity index (χ1v) is 14.4. The van der Waals surface area contributed by atoms with Gasteiger partial charge >= 0.3 is 5.97 Å². The van der Waals surface area contributed by atoms with Gasteiger partial charge in [0, 0.05) is 30.2 Å². The fraction of sp³-hybridized carbons (Fsp3) is 0.286. The van der Waals surface area contributed by atoms with E-state index in [-0.39, 0.29) is 23.4 Å². The van der Waals surface area contributed by atoms with Gasteiger partial charge < -0.3 is 14.4 Å². The minimum absolute atomic E-state index is 0.106. The molecule has 1 fully saturated rings. The summed E-state index contributed by atoms with van der Waals surface area (Å²) in [5.41, 5.74) is 7.61. The van der Waals surface area contributed by atoms with Gasteiger partial charge in [-0.15, -0.1) is 0 Å². The second-order valence-corrected chi connectivity index (χ2v) is 11.5. The van der Waals surface area contributed by atoms with Crippen LogP contribution in [0.15, 0.2) is 72.8 Å². The number of benzene rings is 3. The molecule has 1 N–H and O–H groups in total. The molecule has 6 nitrogen and oxygen atoms in total. The van der Waals surface area contributed by atoms with Crippen LogP contribution in [0.1, 0.15) is 64.6 Å². The molecule has 0 radical (unpaired) electrons. The third kappa shape index (κ3) is 5.64. The summed E-state index contributed by atoms with van der Waals surface area (Å²) in [6.07, 6.45) is 4.10. The van der Waals surface area contributed by atoms with E-state index in [0.717, 1.165) is 57.8 Å². The summed E-state index contributed by atoms with van der Waals surface area (Å²) < 4.78 is 22.3. The van der Waals surface area contributed by atoms with Gasteiger partial charge in [0.15, 0.2) is 0 Å². The van der Waals surface area contributed by atoms with Crippen LogP contribution in [-0.4, -0.2) is 25.6 Å². The van der Waals surface area contributed by atoms with E-state index in [1.807, 2.05) is 31.2 Å². The highest BCUT2D eigenvalue weighted by Gasteiger charge is 2.41. The zero-order valence-corrected chi connectivity index (χ0v) is 24.2. The van der Waals surface area contributed by atoms with Crippen molar-refractivity contribution < 1.29 is 19.0 Å². The maximum atomic E-state index is 14.2. The van der Waals surface area contributed by atoms with Crippen LogP contribution in [-0.2, 0) is 19.6 Å². The van der Waals surface area contributed by atoms with Crippen LogP contribution in [0.3, 0.4) is 0 Å². The number of pyridine rings is 1. The number of imidazole rings is 1. The summed E-state index contributed by atoms with van der Waals surface area (Å²) in [7, 11) is 0. The lowest BCUT2D eigenvalue weighted by atomic mass is 10.00. The van der Waals surface area contributed by atoms with Crippen LogP contribution < -0.4 is 4.74 Å². The average molecular weight is 564 g/mol. The molecule has 0 saturated heterocycles. The number of fused-ring (bicyclic) bond motifs is 1. The van der Waals surface area contributed by atoms with Crippen molar-refractivity contribution in [2.45, 2.75) is 59.6 Å². The summed E-state index contributed by atoms with van der Waals surface area (Å²) in [6.45, 7) is 7.12. The van der Waals surface area contributed by atoms with Gasteiger partial charge in [-0.25, -0.2) is 19.2 Å². The molecule has 42 heavy (non-hydrogen) atoms. The van der Waals surface area contributed by atoms with Crippen molar-refractivity contribution in [3.05, 3.63) is 112 Å². The van der Waals surface area contributed by atoms with E-state index >= 15 is 0 Å². The number of hydrogen-bond acceptors (Lipinski definition) is 4. The molecule has 5 aromatic rings. The van der Waals surface area contributed by atoms with Crippen LogP contribution in [0.25, 0.3) is 22.3 Å². The average Bonchev–Trinajstić information content (AvgIpc) is 3.68. The number of halogens is 1. The van der Waals surface area contributed by atoms with Gasteiger partial charge in [-0.3, -0.25) is 0 Å². The highest BCUT2D eigenvalue weighted by molar-refractivity contribution is 5.92. The lowest BCUT2D eigenvalue weighted by molar-refractivity contribution is 0.0697. The molecule has 214 valence electrons. The monoisotopic (exact) mass is 563 g/mol. The van der Waals surface area contributed by atoms with E-state index in [0.29, 0.717) is 17.9 Å². The molecule has 0 unspecified atom stereocenters. The minimum atomic E-state index is -0.931. The molecule has 2 aromatic heterocycles. The zero-order chi connectivity index (χ0) is 29.4. The van der Waals surface area contributed by atoms with E-state index in [4.69, 9.17) is 9.72 Å².